The number of benzene rings is 1. The molecule has 0 saturated carbocycles. The van der Waals surface area contributed by atoms with Gasteiger partial charge in [-0.2, -0.15) is 13.2 Å². The summed E-state index contributed by atoms with van der Waals surface area (Å²) in [5.41, 5.74) is -1.80. The molecule has 0 aromatic heterocycles. The lowest BCUT2D eigenvalue weighted by molar-refractivity contribution is -0.140. The van der Waals surface area contributed by atoms with Crippen LogP contribution in [-0.2, 0) is 10.9 Å². The number of amides is 1. The van der Waals surface area contributed by atoms with Crippen molar-refractivity contribution in [2.75, 3.05) is 5.75 Å². The Morgan fingerprint density at radius 3 is 2.46 bits per heavy atom. The number of rotatable bonds is 4. The summed E-state index contributed by atoms with van der Waals surface area (Å²) < 4.78 is 57.8. The molecule has 132 valence electrons. The summed E-state index contributed by atoms with van der Waals surface area (Å²) in [6.45, 7) is 2.94. The van der Waals surface area contributed by atoms with E-state index in [1.165, 1.54) is 6.92 Å². The molecule has 0 radical (unpaired) electrons. The van der Waals surface area contributed by atoms with E-state index < -0.39 is 39.9 Å². The van der Waals surface area contributed by atoms with Gasteiger partial charge < -0.3 is 4.74 Å². The molecular formula is C14H15F4N3O2S. The number of thioether (sulfide) groups is 1. The number of carbonyl (C=O) groups is 1. The fourth-order valence-electron chi connectivity index (χ4n) is 1.65. The normalized spacial score (nSPS) is 11.1. The van der Waals surface area contributed by atoms with Crippen LogP contribution in [0.4, 0.5) is 17.6 Å². The van der Waals surface area contributed by atoms with Crippen molar-refractivity contribution >= 4 is 29.6 Å². The monoisotopic (exact) mass is 365 g/mol. The minimum absolute atomic E-state index is 0.247. The van der Waals surface area contributed by atoms with Gasteiger partial charge in [0.05, 0.1) is 16.0 Å². The van der Waals surface area contributed by atoms with Crippen LogP contribution in [0.3, 0.4) is 0 Å². The van der Waals surface area contributed by atoms with Gasteiger partial charge in [0.1, 0.15) is 5.82 Å². The molecule has 0 aliphatic rings. The van der Waals surface area contributed by atoms with Gasteiger partial charge in [0.15, 0.2) is 5.90 Å². The summed E-state index contributed by atoms with van der Waals surface area (Å²) in [5.74, 6) is -2.57. The van der Waals surface area contributed by atoms with E-state index in [1.807, 2.05) is 5.32 Å². The third-order valence-corrected chi connectivity index (χ3v) is 3.88. The molecule has 0 bridgehead atoms. The van der Waals surface area contributed by atoms with Crippen LogP contribution in [0.2, 0.25) is 0 Å². The lowest BCUT2D eigenvalue weighted by Crippen LogP contribution is -2.33. The Morgan fingerprint density at radius 2 is 1.96 bits per heavy atom. The van der Waals surface area contributed by atoms with Crippen molar-refractivity contribution in [2.45, 2.75) is 31.3 Å². The Labute approximate surface area is 139 Å². The maximum Gasteiger partial charge on any atom is 0.417 e. The predicted octanol–water partition coefficient (Wildman–Crippen LogP) is 4.02. The summed E-state index contributed by atoms with van der Waals surface area (Å²) in [4.78, 5) is 11.3. The van der Waals surface area contributed by atoms with Crippen LogP contribution < -0.4 is 5.32 Å². The number of hydrogen-bond acceptors (Lipinski definition) is 5. The number of nitrogens with one attached hydrogen (secondary N) is 3. The summed E-state index contributed by atoms with van der Waals surface area (Å²) in [6.07, 6.45) is -4.23. The highest BCUT2D eigenvalue weighted by atomic mass is 32.2. The highest BCUT2D eigenvalue weighted by molar-refractivity contribution is 7.99. The minimum Gasteiger partial charge on any atom is -0.412 e. The van der Waals surface area contributed by atoms with E-state index in [2.05, 4.69) is 4.74 Å². The zero-order valence-corrected chi connectivity index (χ0v) is 13.6. The smallest absolute Gasteiger partial charge is 0.412 e. The van der Waals surface area contributed by atoms with Gasteiger partial charge in [-0.25, -0.2) is 4.39 Å². The van der Waals surface area contributed by atoms with Crippen LogP contribution in [0.5, 0.6) is 0 Å². The molecule has 5 nitrogen and oxygen atoms in total. The van der Waals surface area contributed by atoms with Crippen LogP contribution in [0.25, 0.3) is 0 Å². The first-order chi connectivity index (χ1) is 11.1. The Kier molecular flexibility index (Phi) is 6.76. The zero-order chi connectivity index (χ0) is 18.5. The molecule has 0 heterocycles. The van der Waals surface area contributed by atoms with Gasteiger partial charge in [-0.1, -0.05) is 6.92 Å². The second-order valence-corrected chi connectivity index (χ2v) is 5.70. The highest BCUT2D eigenvalue weighted by Gasteiger charge is 2.36. The van der Waals surface area contributed by atoms with Crippen molar-refractivity contribution in [3.8, 4) is 0 Å². The Hall–Kier alpha value is -2.10. The Bertz CT molecular complexity index is 662. The number of alkyl halides is 3. The van der Waals surface area contributed by atoms with Crippen LogP contribution >= 0.6 is 11.8 Å². The van der Waals surface area contributed by atoms with E-state index in [0.29, 0.717) is 30.3 Å². The minimum atomic E-state index is -4.75. The van der Waals surface area contributed by atoms with Gasteiger partial charge >= 0.3 is 6.18 Å². The molecule has 1 amide bonds. The Balaban J connectivity index is 3.19. The average molecular weight is 365 g/mol. The third kappa shape index (κ3) is 5.22. The van der Waals surface area contributed by atoms with Crippen molar-refractivity contribution in [2.24, 2.45) is 0 Å². The topological polar surface area (TPSA) is 86.0 Å². The van der Waals surface area contributed by atoms with Gasteiger partial charge in [-0.15, -0.1) is 11.8 Å². The van der Waals surface area contributed by atoms with Gasteiger partial charge in [-0.3, -0.25) is 20.9 Å². The van der Waals surface area contributed by atoms with Crippen LogP contribution in [0.15, 0.2) is 17.0 Å². The van der Waals surface area contributed by atoms with Crippen LogP contribution in [-0.4, -0.2) is 23.6 Å². The summed E-state index contributed by atoms with van der Waals surface area (Å²) in [6, 6.07) is 0.505. The summed E-state index contributed by atoms with van der Waals surface area (Å²) in [5, 5.41) is 16.1. The molecule has 0 aliphatic carbocycles. The fraction of sp³-hybridized carbons (Fsp3) is 0.357. The maximum atomic E-state index is 14.4. The molecule has 24 heavy (non-hydrogen) atoms. The summed E-state index contributed by atoms with van der Waals surface area (Å²) in [7, 11) is 0. The van der Waals surface area contributed by atoms with Crippen molar-refractivity contribution < 1.29 is 27.1 Å². The fourth-order valence-corrected chi connectivity index (χ4v) is 2.63. The first-order valence-electron chi connectivity index (χ1n) is 6.73. The predicted molar refractivity (Wildman–Crippen MR) is 82.1 cm³/mol. The highest BCUT2D eigenvalue weighted by Crippen LogP contribution is 2.39. The lowest BCUT2D eigenvalue weighted by Gasteiger charge is -2.15. The summed E-state index contributed by atoms with van der Waals surface area (Å²) >= 11 is 0.668. The molecule has 0 spiro atoms. The van der Waals surface area contributed by atoms with E-state index in [-0.39, 0.29) is 11.7 Å². The van der Waals surface area contributed by atoms with E-state index in [0.717, 1.165) is 0 Å². The van der Waals surface area contributed by atoms with Crippen molar-refractivity contribution in [1.29, 1.82) is 10.8 Å². The number of carbonyl (C=O) groups excluding carboxylic acids is 1. The molecule has 1 aromatic carbocycles. The molecule has 0 aliphatic heterocycles. The van der Waals surface area contributed by atoms with E-state index in [1.54, 1.807) is 6.92 Å². The second-order valence-electron chi connectivity index (χ2n) is 4.59. The number of amidine groups is 1. The van der Waals surface area contributed by atoms with Crippen molar-refractivity contribution in [3.63, 3.8) is 0 Å². The van der Waals surface area contributed by atoms with Crippen LogP contribution in [0, 0.1) is 16.6 Å². The molecule has 1 aromatic rings. The molecule has 3 N–H and O–H groups in total. The van der Waals surface area contributed by atoms with E-state index in [4.69, 9.17) is 10.8 Å². The molecule has 0 unspecified atom stereocenters. The van der Waals surface area contributed by atoms with Gasteiger partial charge in [0.2, 0.25) is 0 Å². The Morgan fingerprint density at radius 1 is 1.33 bits per heavy atom. The molecule has 0 fully saturated rings. The van der Waals surface area contributed by atoms with E-state index >= 15 is 0 Å². The average Bonchev–Trinajstić information content (AvgIpc) is 2.43. The SMILES string of the molecule is CCCSc1c(C(F)(F)F)ccc(C(=O)NC(=N)OC(C)=N)c1F. The van der Waals surface area contributed by atoms with E-state index in [9.17, 15) is 22.4 Å². The standard InChI is InChI=1S/C14H15F4N3O2S/c1-3-6-24-11-9(14(16,17)18)5-4-8(10(11)15)12(22)21-13(20)23-7(2)19/h4-5,19H,3,6H2,1-2H3,(H2,20,21,22). The zero-order valence-electron chi connectivity index (χ0n) is 12.8. The third-order valence-electron chi connectivity index (χ3n) is 2.58. The first kappa shape index (κ1) is 19.9. The molecule has 10 heteroatoms. The largest absolute Gasteiger partial charge is 0.417 e. The first-order valence-corrected chi connectivity index (χ1v) is 7.71. The molecule has 1 rings (SSSR count). The molecule has 0 atom stereocenters. The lowest BCUT2D eigenvalue weighted by atomic mass is 10.1. The van der Waals surface area contributed by atoms with Gasteiger partial charge in [0, 0.05) is 6.92 Å². The molecular weight excluding hydrogens is 350 g/mol. The quantitative estimate of drug-likeness (QED) is 0.326. The number of hydrogen-bond donors (Lipinski definition) is 3. The van der Waals surface area contributed by atoms with Crippen LogP contribution in [0.1, 0.15) is 36.2 Å². The van der Waals surface area contributed by atoms with Gasteiger partial charge in [0.25, 0.3) is 11.9 Å². The van der Waals surface area contributed by atoms with Crippen molar-refractivity contribution in [3.05, 3.63) is 29.1 Å². The van der Waals surface area contributed by atoms with Crippen molar-refractivity contribution in [1.82, 2.24) is 5.32 Å². The maximum absolute atomic E-state index is 14.4. The van der Waals surface area contributed by atoms with Gasteiger partial charge in [-0.05, 0) is 24.3 Å². The second kappa shape index (κ2) is 8.13. The number of halogens is 4. The number of ether oxygens (including phenoxy) is 1. The molecule has 0 saturated heterocycles.